The molecule has 0 N–H and O–H groups in total. The summed E-state index contributed by atoms with van der Waals surface area (Å²) in [6, 6.07) is 0. The standard InChI is InChI=1S/C9H17NOS/c1-5-10(6-2)9(12)7(3)8(4)11/h7H,5-6H2,1-4H3. The predicted octanol–water partition coefficient (Wildman–Crippen LogP) is 1.88. The van der Waals surface area contributed by atoms with Crippen molar-refractivity contribution in [1.29, 1.82) is 0 Å². The number of carbonyl (C=O) groups excluding carboxylic acids is 1. The highest BCUT2D eigenvalue weighted by atomic mass is 32.1. The number of hydrogen-bond donors (Lipinski definition) is 0. The highest BCUT2D eigenvalue weighted by Gasteiger charge is 2.17. The summed E-state index contributed by atoms with van der Waals surface area (Å²) in [6.45, 7) is 9.30. The van der Waals surface area contributed by atoms with Crippen molar-refractivity contribution in [3.05, 3.63) is 0 Å². The normalized spacial score (nSPS) is 12.3. The molecule has 2 nitrogen and oxygen atoms in total. The fourth-order valence-electron chi connectivity index (χ4n) is 0.983. The zero-order chi connectivity index (χ0) is 9.72. The van der Waals surface area contributed by atoms with Gasteiger partial charge in [-0.2, -0.15) is 0 Å². The number of carbonyl (C=O) groups is 1. The number of Topliss-reactive ketones (excluding diaryl/α,β-unsaturated/α-hetero) is 1. The molecule has 0 saturated heterocycles. The van der Waals surface area contributed by atoms with Gasteiger partial charge in [-0.1, -0.05) is 12.2 Å². The molecule has 3 heteroatoms. The Morgan fingerprint density at radius 3 is 2.08 bits per heavy atom. The molecule has 0 radical (unpaired) electrons. The minimum atomic E-state index is -0.111. The van der Waals surface area contributed by atoms with Crippen LogP contribution in [0.2, 0.25) is 0 Å². The number of hydrogen-bond acceptors (Lipinski definition) is 2. The van der Waals surface area contributed by atoms with Crippen molar-refractivity contribution < 1.29 is 4.79 Å². The SMILES string of the molecule is CCN(CC)C(=S)C(C)C(C)=O. The molecule has 0 heterocycles. The largest absolute Gasteiger partial charge is 0.366 e. The first-order valence-corrected chi connectivity index (χ1v) is 4.74. The van der Waals surface area contributed by atoms with E-state index in [9.17, 15) is 4.79 Å². The zero-order valence-corrected chi connectivity index (χ0v) is 9.07. The van der Waals surface area contributed by atoms with E-state index in [-0.39, 0.29) is 11.7 Å². The molecule has 12 heavy (non-hydrogen) atoms. The van der Waals surface area contributed by atoms with Crippen molar-refractivity contribution in [1.82, 2.24) is 4.90 Å². The molecule has 0 aromatic rings. The van der Waals surface area contributed by atoms with Crippen LogP contribution in [0.3, 0.4) is 0 Å². The monoisotopic (exact) mass is 187 g/mol. The maximum Gasteiger partial charge on any atom is 0.139 e. The first kappa shape index (κ1) is 11.6. The summed E-state index contributed by atoms with van der Waals surface area (Å²) in [5.74, 6) is 0.0341. The summed E-state index contributed by atoms with van der Waals surface area (Å²) in [5.41, 5.74) is 0. The molecule has 0 aliphatic heterocycles. The van der Waals surface area contributed by atoms with Crippen LogP contribution in [0.4, 0.5) is 0 Å². The summed E-state index contributed by atoms with van der Waals surface area (Å²) >= 11 is 5.18. The van der Waals surface area contributed by atoms with E-state index in [0.717, 1.165) is 18.1 Å². The average molecular weight is 187 g/mol. The van der Waals surface area contributed by atoms with E-state index in [1.165, 1.54) is 0 Å². The van der Waals surface area contributed by atoms with E-state index >= 15 is 0 Å². The highest BCUT2D eigenvalue weighted by Crippen LogP contribution is 2.05. The molecule has 0 bridgehead atoms. The molecule has 70 valence electrons. The van der Waals surface area contributed by atoms with Gasteiger partial charge in [0.05, 0.1) is 10.9 Å². The van der Waals surface area contributed by atoms with Crippen molar-refractivity contribution in [3.8, 4) is 0 Å². The van der Waals surface area contributed by atoms with E-state index in [2.05, 4.69) is 0 Å². The Balaban J connectivity index is 4.25. The Hall–Kier alpha value is -0.440. The molecular weight excluding hydrogens is 170 g/mol. The quantitative estimate of drug-likeness (QED) is 0.627. The summed E-state index contributed by atoms with van der Waals surface area (Å²) < 4.78 is 0. The Labute approximate surface area is 79.9 Å². The molecule has 0 aliphatic carbocycles. The third kappa shape index (κ3) is 2.89. The average Bonchev–Trinajstić information content (AvgIpc) is 2.05. The van der Waals surface area contributed by atoms with E-state index in [0.29, 0.717) is 0 Å². The molecule has 0 aromatic carbocycles. The van der Waals surface area contributed by atoms with Crippen LogP contribution in [0.15, 0.2) is 0 Å². The Kier molecular flexibility index (Phi) is 5.06. The topological polar surface area (TPSA) is 20.3 Å². The second-order valence-corrected chi connectivity index (χ2v) is 3.26. The van der Waals surface area contributed by atoms with Gasteiger partial charge >= 0.3 is 0 Å². The molecule has 0 spiro atoms. The number of thiocarbonyl (C=S) groups is 1. The van der Waals surface area contributed by atoms with Crippen LogP contribution in [-0.2, 0) is 4.79 Å². The number of rotatable bonds is 4. The minimum absolute atomic E-state index is 0.111. The van der Waals surface area contributed by atoms with Gasteiger partial charge < -0.3 is 4.90 Å². The molecule has 0 aliphatic rings. The van der Waals surface area contributed by atoms with Gasteiger partial charge in [-0.3, -0.25) is 4.79 Å². The van der Waals surface area contributed by atoms with Gasteiger partial charge in [0.1, 0.15) is 5.78 Å². The van der Waals surface area contributed by atoms with E-state index in [1.807, 2.05) is 25.7 Å². The Morgan fingerprint density at radius 1 is 1.42 bits per heavy atom. The first-order valence-electron chi connectivity index (χ1n) is 4.33. The second-order valence-electron chi connectivity index (χ2n) is 2.84. The van der Waals surface area contributed by atoms with Crippen LogP contribution in [0.25, 0.3) is 0 Å². The lowest BCUT2D eigenvalue weighted by Gasteiger charge is -2.24. The van der Waals surface area contributed by atoms with Crippen LogP contribution in [0, 0.1) is 5.92 Å². The van der Waals surface area contributed by atoms with Crippen LogP contribution in [0.5, 0.6) is 0 Å². The molecule has 0 aromatic heterocycles. The maximum atomic E-state index is 11.0. The lowest BCUT2D eigenvalue weighted by Crippen LogP contribution is -2.35. The van der Waals surface area contributed by atoms with Gasteiger partial charge in [0.25, 0.3) is 0 Å². The molecule has 1 unspecified atom stereocenters. The summed E-state index contributed by atoms with van der Waals surface area (Å²) in [6.07, 6.45) is 0. The highest BCUT2D eigenvalue weighted by molar-refractivity contribution is 7.80. The van der Waals surface area contributed by atoms with Gasteiger partial charge in [0.15, 0.2) is 0 Å². The van der Waals surface area contributed by atoms with Crippen molar-refractivity contribution in [2.45, 2.75) is 27.7 Å². The van der Waals surface area contributed by atoms with Crippen LogP contribution < -0.4 is 0 Å². The fourth-order valence-corrected chi connectivity index (χ4v) is 1.41. The molecule has 0 fully saturated rings. The predicted molar refractivity (Wildman–Crippen MR) is 55.4 cm³/mol. The molecule has 0 rings (SSSR count). The van der Waals surface area contributed by atoms with Gasteiger partial charge in [-0.05, 0) is 27.7 Å². The molecule has 0 saturated carbocycles. The van der Waals surface area contributed by atoms with Crippen molar-refractivity contribution >= 4 is 23.0 Å². The van der Waals surface area contributed by atoms with Gasteiger partial charge in [-0.15, -0.1) is 0 Å². The van der Waals surface area contributed by atoms with E-state index < -0.39 is 0 Å². The van der Waals surface area contributed by atoms with Gasteiger partial charge in [0, 0.05) is 13.1 Å². The third-order valence-corrected chi connectivity index (χ3v) is 2.67. The Morgan fingerprint density at radius 2 is 1.83 bits per heavy atom. The lowest BCUT2D eigenvalue weighted by atomic mass is 10.1. The molecule has 1 atom stereocenters. The van der Waals surface area contributed by atoms with Crippen LogP contribution in [-0.4, -0.2) is 28.8 Å². The lowest BCUT2D eigenvalue weighted by molar-refractivity contribution is -0.118. The van der Waals surface area contributed by atoms with E-state index in [4.69, 9.17) is 12.2 Å². The zero-order valence-electron chi connectivity index (χ0n) is 8.26. The van der Waals surface area contributed by atoms with Gasteiger partial charge in [-0.25, -0.2) is 0 Å². The summed E-state index contributed by atoms with van der Waals surface area (Å²) in [5, 5.41) is 0. The smallest absolute Gasteiger partial charge is 0.139 e. The van der Waals surface area contributed by atoms with Crippen molar-refractivity contribution in [3.63, 3.8) is 0 Å². The van der Waals surface area contributed by atoms with Gasteiger partial charge in [0.2, 0.25) is 0 Å². The van der Waals surface area contributed by atoms with E-state index in [1.54, 1.807) is 6.92 Å². The Bertz CT molecular complexity index is 175. The molecule has 0 amide bonds. The van der Waals surface area contributed by atoms with Crippen molar-refractivity contribution in [2.24, 2.45) is 5.92 Å². The van der Waals surface area contributed by atoms with Crippen LogP contribution in [0.1, 0.15) is 27.7 Å². The third-order valence-electron chi connectivity index (χ3n) is 2.06. The summed E-state index contributed by atoms with van der Waals surface area (Å²) in [4.78, 5) is 13.8. The maximum absolute atomic E-state index is 11.0. The minimum Gasteiger partial charge on any atom is -0.366 e. The first-order chi connectivity index (χ1) is 5.54. The fraction of sp³-hybridized carbons (Fsp3) is 0.778. The number of ketones is 1. The second kappa shape index (κ2) is 5.25. The van der Waals surface area contributed by atoms with Crippen LogP contribution >= 0.6 is 12.2 Å². The van der Waals surface area contributed by atoms with Crippen molar-refractivity contribution in [2.75, 3.05) is 13.1 Å². The summed E-state index contributed by atoms with van der Waals surface area (Å²) in [7, 11) is 0. The number of nitrogens with zero attached hydrogens (tertiary/aromatic N) is 1. The molecular formula is C9H17NOS.